The first-order valence-electron chi connectivity index (χ1n) is 7.28. The Kier molecular flexibility index (Phi) is 5.86. The highest BCUT2D eigenvalue weighted by atomic mass is 32.1. The molecule has 2 rings (SSSR count). The second-order valence-corrected chi connectivity index (χ2v) is 5.97. The molecule has 0 saturated carbocycles. The predicted octanol–water partition coefficient (Wildman–Crippen LogP) is 2.32. The van der Waals surface area contributed by atoms with E-state index < -0.39 is 23.8 Å². The molecular weight excluding hydrogens is 335 g/mol. The van der Waals surface area contributed by atoms with Gasteiger partial charge in [0.1, 0.15) is 5.82 Å². The van der Waals surface area contributed by atoms with E-state index >= 15 is 0 Å². The third-order valence-corrected chi connectivity index (χ3v) is 4.21. The van der Waals surface area contributed by atoms with E-state index in [1.165, 1.54) is 29.7 Å². The summed E-state index contributed by atoms with van der Waals surface area (Å²) < 4.78 is 20.0. The van der Waals surface area contributed by atoms with Crippen molar-refractivity contribution in [2.45, 2.75) is 32.9 Å². The Morgan fingerprint density at radius 1 is 1.38 bits per heavy atom. The number of carbonyl (C=O) groups is 2. The van der Waals surface area contributed by atoms with E-state index in [0.717, 1.165) is 17.0 Å². The van der Waals surface area contributed by atoms with Gasteiger partial charge in [-0.25, -0.2) is 4.39 Å². The van der Waals surface area contributed by atoms with Crippen molar-refractivity contribution in [1.82, 2.24) is 4.57 Å². The lowest BCUT2D eigenvalue weighted by Gasteiger charge is -2.14. The number of thiazole rings is 1. The molecule has 0 aliphatic carbocycles. The molecule has 0 bridgehead atoms. The van der Waals surface area contributed by atoms with Gasteiger partial charge in [-0.15, -0.1) is 0 Å². The van der Waals surface area contributed by atoms with Crippen LogP contribution in [0.4, 0.5) is 10.1 Å². The van der Waals surface area contributed by atoms with Crippen LogP contribution in [0.2, 0.25) is 0 Å². The van der Waals surface area contributed by atoms with Crippen molar-refractivity contribution in [3.8, 4) is 0 Å². The van der Waals surface area contributed by atoms with Crippen LogP contribution in [0.25, 0.3) is 0 Å². The maximum Gasteiger partial charge on any atom is 0.308 e. The minimum Gasteiger partial charge on any atom is -0.452 e. The number of ether oxygens (including phenoxy) is 1. The molecule has 0 fully saturated rings. The van der Waals surface area contributed by atoms with E-state index in [1.54, 1.807) is 18.4 Å². The van der Waals surface area contributed by atoms with Crippen LogP contribution in [-0.4, -0.2) is 22.5 Å². The van der Waals surface area contributed by atoms with E-state index in [0.29, 0.717) is 0 Å². The zero-order valence-corrected chi connectivity index (χ0v) is 14.1. The topological polar surface area (TPSA) is 77.4 Å². The fourth-order valence-corrected chi connectivity index (χ4v) is 2.75. The van der Waals surface area contributed by atoms with Gasteiger partial charge in [-0.2, -0.15) is 0 Å². The molecule has 1 heterocycles. The molecule has 1 unspecified atom stereocenters. The van der Waals surface area contributed by atoms with Gasteiger partial charge in [-0.1, -0.05) is 23.5 Å². The first-order valence-corrected chi connectivity index (χ1v) is 8.16. The number of carbonyl (C=O) groups excluding carboxylic acids is 2. The van der Waals surface area contributed by atoms with Gasteiger partial charge in [0.2, 0.25) is 0 Å². The first kappa shape index (κ1) is 17.9. The Hall–Kier alpha value is -2.48. The number of nitrogens with one attached hydrogen (secondary N) is 1. The lowest BCUT2D eigenvalue weighted by atomic mass is 10.3. The SMILES string of the molecule is Cc1csc(=O)n1CCC(=O)OC(C)C(=O)Nc1ccccc1F. The summed E-state index contributed by atoms with van der Waals surface area (Å²) in [6.45, 7) is 3.36. The normalized spacial score (nSPS) is 11.8. The summed E-state index contributed by atoms with van der Waals surface area (Å²) in [5.74, 6) is -1.81. The first-order chi connectivity index (χ1) is 11.4. The van der Waals surface area contributed by atoms with E-state index in [4.69, 9.17) is 4.74 Å². The summed E-state index contributed by atoms with van der Waals surface area (Å²) in [6, 6.07) is 5.71. The van der Waals surface area contributed by atoms with E-state index in [1.807, 2.05) is 0 Å². The van der Waals surface area contributed by atoms with Crippen LogP contribution in [0, 0.1) is 12.7 Å². The number of esters is 1. The number of aryl methyl sites for hydroxylation is 1. The maximum atomic E-state index is 13.5. The molecule has 1 N–H and O–H groups in total. The zero-order chi connectivity index (χ0) is 17.7. The number of para-hydroxylation sites is 1. The molecule has 0 spiro atoms. The monoisotopic (exact) mass is 352 g/mol. The molecular formula is C16H17FN2O4S. The minimum absolute atomic E-state index is 0.0193. The largest absolute Gasteiger partial charge is 0.452 e. The molecule has 1 aromatic carbocycles. The van der Waals surface area contributed by atoms with Crippen molar-refractivity contribution in [2.24, 2.45) is 0 Å². The average molecular weight is 352 g/mol. The van der Waals surface area contributed by atoms with Crippen molar-refractivity contribution in [1.29, 1.82) is 0 Å². The maximum absolute atomic E-state index is 13.5. The van der Waals surface area contributed by atoms with Crippen LogP contribution in [0.1, 0.15) is 19.0 Å². The summed E-state index contributed by atoms with van der Waals surface area (Å²) >= 11 is 1.06. The number of nitrogens with zero attached hydrogens (tertiary/aromatic N) is 1. The second-order valence-electron chi connectivity index (χ2n) is 5.15. The van der Waals surface area contributed by atoms with Crippen LogP contribution in [0.5, 0.6) is 0 Å². The molecule has 128 valence electrons. The molecule has 6 nitrogen and oxygen atoms in total. The van der Waals surface area contributed by atoms with Crippen molar-refractivity contribution < 1.29 is 18.7 Å². The number of aromatic nitrogens is 1. The smallest absolute Gasteiger partial charge is 0.308 e. The summed E-state index contributed by atoms with van der Waals surface area (Å²) in [6.07, 6.45) is -1.10. The number of halogens is 1. The van der Waals surface area contributed by atoms with Crippen LogP contribution < -0.4 is 10.2 Å². The van der Waals surface area contributed by atoms with Gasteiger partial charge in [0.25, 0.3) is 5.91 Å². The molecule has 0 saturated heterocycles. The van der Waals surface area contributed by atoms with E-state index in [-0.39, 0.29) is 23.5 Å². The van der Waals surface area contributed by atoms with Crippen LogP contribution in [0.15, 0.2) is 34.4 Å². The van der Waals surface area contributed by atoms with Crippen LogP contribution >= 0.6 is 11.3 Å². The van der Waals surface area contributed by atoms with Gasteiger partial charge in [-0.05, 0) is 26.0 Å². The molecule has 2 aromatic rings. The molecule has 24 heavy (non-hydrogen) atoms. The summed E-state index contributed by atoms with van der Waals surface area (Å²) in [5.41, 5.74) is 0.786. The molecule has 1 aromatic heterocycles. The van der Waals surface area contributed by atoms with Crippen molar-refractivity contribution >= 4 is 28.9 Å². The quantitative estimate of drug-likeness (QED) is 0.810. The number of rotatable bonds is 6. The highest BCUT2D eigenvalue weighted by Gasteiger charge is 2.19. The number of hydrogen-bond acceptors (Lipinski definition) is 5. The average Bonchev–Trinajstić information content (AvgIpc) is 2.86. The van der Waals surface area contributed by atoms with Crippen molar-refractivity contribution in [3.05, 3.63) is 50.8 Å². The molecule has 8 heteroatoms. The van der Waals surface area contributed by atoms with Crippen molar-refractivity contribution in [3.63, 3.8) is 0 Å². The molecule has 0 radical (unpaired) electrons. The molecule has 0 aliphatic heterocycles. The Morgan fingerprint density at radius 2 is 2.08 bits per heavy atom. The highest BCUT2D eigenvalue weighted by Crippen LogP contribution is 2.13. The van der Waals surface area contributed by atoms with Gasteiger partial charge in [0.15, 0.2) is 6.10 Å². The third-order valence-electron chi connectivity index (χ3n) is 3.33. The third kappa shape index (κ3) is 4.51. The Bertz CT molecular complexity index is 799. The predicted molar refractivity (Wildman–Crippen MR) is 88.5 cm³/mol. The summed E-state index contributed by atoms with van der Waals surface area (Å²) in [7, 11) is 0. The minimum atomic E-state index is -1.07. The second kappa shape index (κ2) is 7.87. The van der Waals surface area contributed by atoms with Gasteiger partial charge in [-0.3, -0.25) is 14.4 Å². The Balaban J connectivity index is 1.86. The highest BCUT2D eigenvalue weighted by molar-refractivity contribution is 7.07. The van der Waals surface area contributed by atoms with Crippen LogP contribution in [0.3, 0.4) is 0 Å². The standard InChI is InChI=1S/C16H17FN2O4S/c1-10-9-24-16(22)19(10)8-7-14(20)23-11(2)15(21)18-13-6-4-3-5-12(13)17/h3-6,9,11H,7-8H2,1-2H3,(H,18,21). The van der Waals surface area contributed by atoms with Gasteiger partial charge >= 0.3 is 10.8 Å². The Morgan fingerprint density at radius 3 is 2.71 bits per heavy atom. The zero-order valence-electron chi connectivity index (χ0n) is 13.2. The van der Waals surface area contributed by atoms with Crippen LogP contribution in [-0.2, 0) is 20.9 Å². The van der Waals surface area contributed by atoms with E-state index in [9.17, 15) is 18.8 Å². The van der Waals surface area contributed by atoms with Crippen molar-refractivity contribution in [2.75, 3.05) is 5.32 Å². The molecule has 0 aliphatic rings. The number of amides is 1. The fourth-order valence-electron chi connectivity index (χ4n) is 1.98. The lowest BCUT2D eigenvalue weighted by Crippen LogP contribution is -2.30. The van der Waals surface area contributed by atoms with Gasteiger partial charge in [0, 0.05) is 17.6 Å². The molecule has 1 atom stereocenters. The number of hydrogen-bond donors (Lipinski definition) is 1. The number of anilines is 1. The van der Waals surface area contributed by atoms with Gasteiger partial charge < -0.3 is 14.6 Å². The summed E-state index contributed by atoms with van der Waals surface area (Å²) in [5, 5.41) is 4.07. The Labute approximate surface area is 141 Å². The number of benzene rings is 1. The molecule has 1 amide bonds. The summed E-state index contributed by atoms with van der Waals surface area (Å²) in [4.78, 5) is 35.1. The fraction of sp³-hybridized carbons (Fsp3) is 0.312. The van der Waals surface area contributed by atoms with E-state index in [2.05, 4.69) is 5.32 Å². The van der Waals surface area contributed by atoms with Gasteiger partial charge in [0.05, 0.1) is 12.1 Å². The lowest BCUT2D eigenvalue weighted by molar-refractivity contribution is -0.153.